The molecule has 0 spiro atoms. The number of halogens is 1. The summed E-state index contributed by atoms with van der Waals surface area (Å²) in [6.07, 6.45) is 0.269. The van der Waals surface area contributed by atoms with E-state index in [0.717, 1.165) is 0 Å². The van der Waals surface area contributed by atoms with E-state index in [9.17, 15) is 9.90 Å². The van der Waals surface area contributed by atoms with Crippen molar-refractivity contribution in [2.75, 3.05) is 14.2 Å². The molecular formula is C11H14BrNO4. The molecule has 1 rings (SSSR count). The summed E-state index contributed by atoms with van der Waals surface area (Å²) in [5.41, 5.74) is 6.35. The van der Waals surface area contributed by atoms with Crippen LogP contribution in [-0.4, -0.2) is 31.3 Å². The molecule has 1 aromatic carbocycles. The lowest BCUT2D eigenvalue weighted by Crippen LogP contribution is -2.33. The second kappa shape index (κ2) is 5.88. The maximum absolute atomic E-state index is 11.2. The Morgan fingerprint density at radius 3 is 2.71 bits per heavy atom. The zero-order chi connectivity index (χ0) is 13.0. The molecule has 0 radical (unpaired) electrons. The molecule has 1 unspecified atom stereocenters. The third-order valence-electron chi connectivity index (χ3n) is 2.29. The summed E-state index contributed by atoms with van der Waals surface area (Å²) in [6.45, 7) is 0. The van der Waals surface area contributed by atoms with Crippen molar-refractivity contribution in [1.82, 2.24) is 0 Å². The summed E-state index contributed by atoms with van der Waals surface area (Å²) < 4.78 is 10.2. The lowest BCUT2D eigenvalue weighted by Gasteiger charge is -2.12. The minimum atomic E-state index is -0.760. The van der Waals surface area contributed by atoms with Crippen LogP contribution in [0.15, 0.2) is 16.6 Å². The van der Waals surface area contributed by atoms with Gasteiger partial charge in [-0.25, -0.2) is 0 Å². The SMILES string of the molecule is COC(=O)C(N)Cc1cc(O)c(OC)cc1Br. The standard InChI is InChI=1S/C11H14BrNO4/c1-16-10-5-7(12)6(4-9(10)14)3-8(13)11(15)17-2/h4-5,8,14H,3,13H2,1-2H3. The molecule has 0 aliphatic heterocycles. The molecule has 0 aliphatic rings. The van der Waals surface area contributed by atoms with Gasteiger partial charge in [0.05, 0.1) is 14.2 Å². The average Bonchev–Trinajstić information content (AvgIpc) is 2.32. The van der Waals surface area contributed by atoms with Gasteiger partial charge in [-0.2, -0.15) is 0 Å². The first-order chi connectivity index (χ1) is 7.99. The van der Waals surface area contributed by atoms with Crippen molar-refractivity contribution >= 4 is 21.9 Å². The van der Waals surface area contributed by atoms with E-state index in [-0.39, 0.29) is 12.2 Å². The number of nitrogens with two attached hydrogens (primary N) is 1. The summed E-state index contributed by atoms with van der Waals surface area (Å²) in [6, 6.07) is 2.37. The van der Waals surface area contributed by atoms with E-state index in [1.54, 1.807) is 6.07 Å². The molecule has 1 aromatic rings. The number of hydrogen-bond donors (Lipinski definition) is 2. The number of hydrogen-bond acceptors (Lipinski definition) is 5. The van der Waals surface area contributed by atoms with Crippen LogP contribution in [0.3, 0.4) is 0 Å². The molecule has 0 amide bonds. The third kappa shape index (κ3) is 3.34. The number of ether oxygens (including phenoxy) is 2. The van der Waals surface area contributed by atoms with E-state index in [1.807, 2.05) is 0 Å². The number of benzene rings is 1. The Labute approximate surface area is 108 Å². The number of esters is 1. The minimum Gasteiger partial charge on any atom is -0.504 e. The minimum absolute atomic E-state index is 0.00256. The van der Waals surface area contributed by atoms with Crippen molar-refractivity contribution in [2.45, 2.75) is 12.5 Å². The largest absolute Gasteiger partial charge is 0.504 e. The van der Waals surface area contributed by atoms with Gasteiger partial charge in [0.15, 0.2) is 11.5 Å². The molecule has 1 atom stereocenters. The number of carbonyl (C=O) groups is 1. The molecule has 94 valence electrons. The molecule has 17 heavy (non-hydrogen) atoms. The van der Waals surface area contributed by atoms with Crippen LogP contribution in [-0.2, 0) is 16.0 Å². The fourth-order valence-electron chi connectivity index (χ4n) is 1.38. The number of aromatic hydroxyl groups is 1. The quantitative estimate of drug-likeness (QED) is 0.817. The van der Waals surface area contributed by atoms with Gasteiger partial charge >= 0.3 is 5.97 Å². The highest BCUT2D eigenvalue weighted by Gasteiger charge is 2.17. The Morgan fingerprint density at radius 1 is 1.53 bits per heavy atom. The molecule has 0 bridgehead atoms. The van der Waals surface area contributed by atoms with Crippen LogP contribution in [0.1, 0.15) is 5.56 Å². The van der Waals surface area contributed by atoms with Crippen LogP contribution in [0, 0.1) is 0 Å². The highest BCUT2D eigenvalue weighted by molar-refractivity contribution is 9.10. The first kappa shape index (κ1) is 13.8. The van der Waals surface area contributed by atoms with Crippen molar-refractivity contribution in [3.05, 3.63) is 22.2 Å². The Kier molecular flexibility index (Phi) is 4.77. The molecule has 0 fully saturated rings. The first-order valence-electron chi connectivity index (χ1n) is 4.88. The predicted molar refractivity (Wildman–Crippen MR) is 66.1 cm³/mol. The Balaban J connectivity index is 2.92. The van der Waals surface area contributed by atoms with Crippen molar-refractivity contribution < 1.29 is 19.4 Å². The molecule has 0 saturated carbocycles. The normalized spacial score (nSPS) is 12.0. The predicted octanol–water partition coefficient (Wildman–Crippen LogP) is 1.21. The molecule has 0 aliphatic carbocycles. The van der Waals surface area contributed by atoms with Crippen LogP contribution in [0.5, 0.6) is 11.5 Å². The molecule has 3 N–H and O–H groups in total. The van der Waals surface area contributed by atoms with Crippen molar-refractivity contribution in [1.29, 1.82) is 0 Å². The van der Waals surface area contributed by atoms with E-state index >= 15 is 0 Å². The van der Waals surface area contributed by atoms with Gasteiger partial charge < -0.3 is 20.3 Å². The van der Waals surface area contributed by atoms with Gasteiger partial charge in [-0.3, -0.25) is 4.79 Å². The second-order valence-corrected chi connectivity index (χ2v) is 4.30. The second-order valence-electron chi connectivity index (χ2n) is 3.45. The number of methoxy groups -OCH3 is 2. The van der Waals surface area contributed by atoms with Crippen LogP contribution in [0.25, 0.3) is 0 Å². The summed E-state index contributed by atoms with van der Waals surface area (Å²) in [4.78, 5) is 11.2. The monoisotopic (exact) mass is 303 g/mol. The lowest BCUT2D eigenvalue weighted by atomic mass is 10.1. The molecule has 5 nitrogen and oxygen atoms in total. The van der Waals surface area contributed by atoms with Gasteiger partial charge in [-0.05, 0) is 24.1 Å². The van der Waals surface area contributed by atoms with E-state index in [1.165, 1.54) is 20.3 Å². The lowest BCUT2D eigenvalue weighted by molar-refractivity contribution is -0.142. The fourth-order valence-corrected chi connectivity index (χ4v) is 1.86. The van der Waals surface area contributed by atoms with Gasteiger partial charge in [-0.15, -0.1) is 0 Å². The van der Waals surface area contributed by atoms with Crippen molar-refractivity contribution in [3.8, 4) is 11.5 Å². The number of rotatable bonds is 4. The highest BCUT2D eigenvalue weighted by atomic mass is 79.9. The Bertz CT molecular complexity index is 422. The maximum Gasteiger partial charge on any atom is 0.322 e. The average molecular weight is 304 g/mol. The van der Waals surface area contributed by atoms with E-state index in [2.05, 4.69) is 20.7 Å². The third-order valence-corrected chi connectivity index (χ3v) is 3.03. The van der Waals surface area contributed by atoms with Crippen LogP contribution >= 0.6 is 15.9 Å². The van der Waals surface area contributed by atoms with Crippen LogP contribution in [0.4, 0.5) is 0 Å². The zero-order valence-electron chi connectivity index (χ0n) is 9.57. The molecule has 0 heterocycles. The van der Waals surface area contributed by atoms with Crippen LogP contribution in [0.2, 0.25) is 0 Å². The maximum atomic E-state index is 11.2. The zero-order valence-corrected chi connectivity index (χ0v) is 11.2. The number of phenolic OH excluding ortho intramolecular Hbond substituents is 1. The van der Waals surface area contributed by atoms with Crippen LogP contribution < -0.4 is 10.5 Å². The number of carbonyl (C=O) groups excluding carboxylic acids is 1. The summed E-state index contributed by atoms with van der Waals surface area (Å²) in [5, 5.41) is 9.62. The Morgan fingerprint density at radius 2 is 2.18 bits per heavy atom. The Hall–Kier alpha value is -1.27. The van der Waals surface area contributed by atoms with Gasteiger partial charge in [0, 0.05) is 4.47 Å². The van der Waals surface area contributed by atoms with E-state index in [0.29, 0.717) is 15.8 Å². The summed E-state index contributed by atoms with van der Waals surface area (Å²) in [7, 11) is 2.74. The van der Waals surface area contributed by atoms with E-state index < -0.39 is 12.0 Å². The van der Waals surface area contributed by atoms with Gasteiger partial charge in [-0.1, -0.05) is 15.9 Å². The molecule has 0 aromatic heterocycles. The summed E-state index contributed by atoms with van der Waals surface area (Å²) in [5.74, 6) is -0.137. The fraction of sp³-hybridized carbons (Fsp3) is 0.364. The first-order valence-corrected chi connectivity index (χ1v) is 5.67. The van der Waals surface area contributed by atoms with Gasteiger partial charge in [0.1, 0.15) is 6.04 Å². The molecule has 0 saturated heterocycles. The van der Waals surface area contributed by atoms with Crippen molar-refractivity contribution in [3.63, 3.8) is 0 Å². The molecule has 6 heteroatoms. The topological polar surface area (TPSA) is 81.8 Å². The smallest absolute Gasteiger partial charge is 0.322 e. The van der Waals surface area contributed by atoms with Gasteiger partial charge in [0.25, 0.3) is 0 Å². The number of phenols is 1. The summed E-state index contributed by atoms with van der Waals surface area (Å²) >= 11 is 3.32. The van der Waals surface area contributed by atoms with Crippen molar-refractivity contribution in [2.24, 2.45) is 5.73 Å². The van der Waals surface area contributed by atoms with Gasteiger partial charge in [0.2, 0.25) is 0 Å². The van der Waals surface area contributed by atoms with E-state index in [4.69, 9.17) is 10.5 Å². The molecular weight excluding hydrogens is 290 g/mol. The highest BCUT2D eigenvalue weighted by Crippen LogP contribution is 2.32.